The van der Waals surface area contributed by atoms with E-state index in [2.05, 4.69) is 0 Å². The fraction of sp³-hybridized carbons (Fsp3) is 0. The Bertz CT molecular complexity index is 3900. The molecule has 12 rings (SSSR count). The van der Waals surface area contributed by atoms with Gasteiger partial charge in [0, 0.05) is 56.1 Å². The van der Waals surface area contributed by atoms with Gasteiger partial charge < -0.3 is 18.6 Å². The predicted molar refractivity (Wildman–Crippen MR) is 218 cm³/mol. The molecule has 246 valence electrons. The van der Waals surface area contributed by atoms with Crippen LogP contribution in [0.2, 0.25) is 0 Å². The summed E-state index contributed by atoms with van der Waals surface area (Å²) < 4.78 is 157. The number of para-hydroxylation sites is 4. The van der Waals surface area contributed by atoms with Crippen molar-refractivity contribution in [3.8, 4) is 45.5 Å². The summed E-state index contributed by atoms with van der Waals surface area (Å²) in [5.74, 6) is 1.52. The molecule has 53 heavy (non-hydrogen) atoms. The molecule has 0 radical (unpaired) electrons. The highest BCUT2D eigenvalue weighted by atomic mass is 16.5. The van der Waals surface area contributed by atoms with Gasteiger partial charge in [0.25, 0.3) is 6.71 Å². The molecule has 2 aromatic heterocycles. The van der Waals surface area contributed by atoms with Gasteiger partial charge >= 0.3 is 0 Å². The van der Waals surface area contributed by atoms with Crippen LogP contribution in [-0.4, -0.2) is 15.8 Å². The highest BCUT2D eigenvalue weighted by Gasteiger charge is 2.41. The molecule has 0 unspecified atom stereocenters. The number of hydrogen-bond acceptors (Lipinski definition) is 2. The molecule has 0 bridgehead atoms. The lowest BCUT2D eigenvalue weighted by Gasteiger charge is -2.34. The molecule has 10 aromatic rings. The van der Waals surface area contributed by atoms with E-state index < -0.39 is 103 Å². The van der Waals surface area contributed by atoms with Crippen LogP contribution in [0.1, 0.15) is 21.9 Å². The minimum atomic E-state index is -0.602. The van der Waals surface area contributed by atoms with Crippen LogP contribution in [0, 0.1) is 0 Å². The highest BCUT2D eigenvalue weighted by Crippen LogP contribution is 2.43. The van der Waals surface area contributed by atoms with E-state index in [0.29, 0.717) is 44.9 Å². The summed E-state index contributed by atoms with van der Waals surface area (Å²) in [4.78, 5) is 0. The second kappa shape index (κ2) is 10.8. The Morgan fingerprint density at radius 3 is 1.43 bits per heavy atom. The Kier molecular flexibility index (Phi) is 3.55. The average Bonchev–Trinajstić information content (AvgIpc) is 3.91. The van der Waals surface area contributed by atoms with Gasteiger partial charge in [-0.2, -0.15) is 0 Å². The maximum Gasteiger partial charge on any atom is 0.260 e. The molecule has 2 aliphatic rings. The van der Waals surface area contributed by atoms with Crippen molar-refractivity contribution in [2.24, 2.45) is 0 Å². The molecule has 0 spiro atoms. The van der Waals surface area contributed by atoms with E-state index in [1.165, 1.54) is 9.13 Å². The van der Waals surface area contributed by atoms with Crippen molar-refractivity contribution in [2.75, 3.05) is 0 Å². The first kappa shape index (κ1) is 17.5. The first-order valence-electron chi connectivity index (χ1n) is 24.8. The van der Waals surface area contributed by atoms with Crippen LogP contribution in [0.4, 0.5) is 0 Å². The molecular weight excluding hydrogens is 647 g/mol. The SMILES string of the molecule is [2H]c1c([2H])c([2H])c2c(c1[2H])c1c([2H])c([2H])c([2H])c([2H])c1n2-c1ccc2c(c1)Oc1ccc(-c3ccccc3)c3c1B2c1ccc(-n2c4c([2H])c([2H])c([2H])c([2H])c4c4c([2H])c([2H])c([2H])c([2H])c42)cc1O3. The van der Waals surface area contributed by atoms with Crippen molar-refractivity contribution in [3.63, 3.8) is 0 Å². The summed E-state index contributed by atoms with van der Waals surface area (Å²) in [5.41, 5.74) is 3.89. The van der Waals surface area contributed by atoms with Crippen molar-refractivity contribution < 1.29 is 31.4 Å². The molecule has 5 heteroatoms. The van der Waals surface area contributed by atoms with Gasteiger partial charge in [0.05, 0.1) is 44.0 Å². The largest absolute Gasteiger partial charge is 0.458 e. The summed E-state index contributed by atoms with van der Waals surface area (Å²) in [6, 6.07) is 15.5. The van der Waals surface area contributed by atoms with Crippen LogP contribution >= 0.6 is 0 Å². The zero-order chi connectivity index (χ0) is 48.5. The number of hydrogen-bond donors (Lipinski definition) is 0. The van der Waals surface area contributed by atoms with Gasteiger partial charge in [0.2, 0.25) is 0 Å². The monoisotopic (exact) mass is 692 g/mol. The lowest BCUT2D eigenvalue weighted by molar-refractivity contribution is 0.465. The fourth-order valence-corrected chi connectivity index (χ4v) is 7.94. The number of fused-ring (bicyclic) bond motifs is 10. The molecule has 0 amide bonds. The van der Waals surface area contributed by atoms with Crippen LogP contribution in [0.25, 0.3) is 66.1 Å². The van der Waals surface area contributed by atoms with Gasteiger partial charge in [-0.1, -0.05) is 115 Å². The highest BCUT2D eigenvalue weighted by molar-refractivity contribution is 6.98. The first-order valence-corrected chi connectivity index (χ1v) is 16.8. The smallest absolute Gasteiger partial charge is 0.260 e. The van der Waals surface area contributed by atoms with Crippen molar-refractivity contribution >= 4 is 66.7 Å². The van der Waals surface area contributed by atoms with E-state index in [9.17, 15) is 0 Å². The van der Waals surface area contributed by atoms with Gasteiger partial charge in [0.1, 0.15) is 23.0 Å². The van der Waals surface area contributed by atoms with Gasteiger partial charge in [0.15, 0.2) is 0 Å². The van der Waals surface area contributed by atoms with E-state index in [-0.39, 0.29) is 55.0 Å². The van der Waals surface area contributed by atoms with Crippen molar-refractivity contribution in [2.45, 2.75) is 0 Å². The molecule has 0 aliphatic carbocycles. The van der Waals surface area contributed by atoms with Crippen LogP contribution in [0.3, 0.4) is 0 Å². The lowest BCUT2D eigenvalue weighted by Crippen LogP contribution is -2.57. The summed E-state index contributed by atoms with van der Waals surface area (Å²) in [5, 5.41) is -0.250. The molecule has 0 fully saturated rings. The van der Waals surface area contributed by atoms with E-state index in [1.807, 2.05) is 42.5 Å². The standard InChI is InChI=1S/C48H29BN2O2/c1-2-12-30(13-3-1)33-24-27-44-47-48(33)53-46-29-32(51-42-20-10-6-16-36(42)37-17-7-11-21-43(37)51)23-26-39(46)49(47)38-25-22-31(28-45(38)52-44)50-40-18-8-4-14-34(40)35-15-5-9-19-41(35)50/h1-29H/i4D,5D,6D,7D,8D,9D,10D,11D,14D,15D,16D,17D,18D,19D,20D,21D. The normalized spacial score (nSPS) is 17.0. The molecule has 0 saturated heterocycles. The Hall–Kier alpha value is -6.98. The summed E-state index contributed by atoms with van der Waals surface area (Å²) in [7, 11) is 0. The van der Waals surface area contributed by atoms with E-state index in [4.69, 9.17) is 31.4 Å². The van der Waals surface area contributed by atoms with E-state index >= 15 is 0 Å². The number of aromatic nitrogens is 2. The second-order valence-corrected chi connectivity index (χ2v) is 12.9. The number of benzene rings is 8. The molecule has 4 heterocycles. The van der Waals surface area contributed by atoms with Gasteiger partial charge in [-0.25, -0.2) is 0 Å². The van der Waals surface area contributed by atoms with Crippen molar-refractivity contribution in [3.05, 3.63) is 176 Å². The Morgan fingerprint density at radius 2 is 0.925 bits per heavy atom. The molecule has 2 aliphatic heterocycles. The molecule has 8 aromatic carbocycles. The third-order valence-corrected chi connectivity index (χ3v) is 10.2. The molecule has 0 atom stereocenters. The summed E-state index contributed by atoms with van der Waals surface area (Å²) in [6.45, 7) is -0.602. The molecule has 0 N–H and O–H groups in total. The lowest BCUT2D eigenvalue weighted by atomic mass is 9.34. The minimum Gasteiger partial charge on any atom is -0.458 e. The van der Waals surface area contributed by atoms with E-state index in [0.717, 1.165) is 5.56 Å². The molecular formula is C48H29BN2O2. The zero-order valence-electron chi connectivity index (χ0n) is 43.3. The maximum atomic E-state index is 9.07. The third kappa shape index (κ3) is 4.02. The van der Waals surface area contributed by atoms with Gasteiger partial charge in [-0.15, -0.1) is 0 Å². The predicted octanol–water partition coefficient (Wildman–Crippen LogP) is 10.3. The van der Waals surface area contributed by atoms with Crippen LogP contribution in [0.15, 0.2) is 176 Å². The topological polar surface area (TPSA) is 28.3 Å². The van der Waals surface area contributed by atoms with Crippen LogP contribution in [0.5, 0.6) is 23.0 Å². The van der Waals surface area contributed by atoms with Gasteiger partial charge in [-0.05, 0) is 64.9 Å². The minimum absolute atomic E-state index is 0.0438. The summed E-state index contributed by atoms with van der Waals surface area (Å²) in [6.07, 6.45) is 0. The Balaban J connectivity index is 1.13. The van der Waals surface area contributed by atoms with E-state index in [1.54, 1.807) is 36.4 Å². The Labute approximate surface area is 328 Å². The van der Waals surface area contributed by atoms with Crippen LogP contribution < -0.4 is 25.9 Å². The Morgan fingerprint density at radius 1 is 0.453 bits per heavy atom. The molecule has 0 saturated carbocycles. The van der Waals surface area contributed by atoms with Crippen molar-refractivity contribution in [1.29, 1.82) is 0 Å². The first-order chi connectivity index (χ1) is 32.9. The molecule has 4 nitrogen and oxygen atoms in total. The number of rotatable bonds is 3. The zero-order valence-corrected chi connectivity index (χ0v) is 27.3. The van der Waals surface area contributed by atoms with Crippen LogP contribution in [-0.2, 0) is 0 Å². The van der Waals surface area contributed by atoms with Crippen molar-refractivity contribution in [1.82, 2.24) is 9.13 Å². The number of nitrogens with zero attached hydrogens (tertiary/aromatic N) is 2. The fourth-order valence-electron chi connectivity index (χ4n) is 7.94. The average molecular weight is 693 g/mol. The van der Waals surface area contributed by atoms with Gasteiger partial charge in [-0.3, -0.25) is 0 Å². The summed E-state index contributed by atoms with van der Waals surface area (Å²) >= 11 is 0. The maximum absolute atomic E-state index is 9.07. The quantitative estimate of drug-likeness (QED) is 0.173. The number of ether oxygens (including phenoxy) is 2. The third-order valence-electron chi connectivity index (χ3n) is 10.2. The second-order valence-electron chi connectivity index (χ2n) is 12.9.